The molecule has 6 heteroatoms. The van der Waals surface area contributed by atoms with E-state index < -0.39 is 18.0 Å². The quantitative estimate of drug-likeness (QED) is 0.633. The monoisotopic (exact) mass is 317 g/mol. The maximum Gasteiger partial charge on any atom is 0.534 e. The Hall–Kier alpha value is -2.37. The second-order valence-electron chi connectivity index (χ2n) is 5.88. The highest BCUT2D eigenvalue weighted by atomic mass is 16.8. The molecule has 0 aromatic heterocycles. The van der Waals surface area contributed by atoms with Crippen LogP contribution in [-0.4, -0.2) is 29.1 Å². The first-order valence-corrected chi connectivity index (χ1v) is 7.94. The fourth-order valence-corrected chi connectivity index (χ4v) is 3.20. The molecule has 1 heterocycles. The maximum absolute atomic E-state index is 11.9. The van der Waals surface area contributed by atoms with Gasteiger partial charge in [0, 0.05) is 18.8 Å². The van der Waals surface area contributed by atoms with Crippen molar-refractivity contribution in [2.45, 2.75) is 50.5 Å². The van der Waals surface area contributed by atoms with Gasteiger partial charge in [0.25, 0.3) is 11.8 Å². The van der Waals surface area contributed by atoms with Crippen LogP contribution in [0.2, 0.25) is 0 Å². The van der Waals surface area contributed by atoms with Crippen LogP contribution in [0.4, 0.5) is 4.79 Å². The standard InChI is InChI=1S/C17H19NO5/c19-15-10-11-16(20)18(15)23-17(21)22-14-9-5-4-8-13(14)12-6-2-1-3-7-12/h1-3,6-7,13-14H,4-5,8-11H2/t13-,14+/m1/s1. The van der Waals surface area contributed by atoms with Gasteiger partial charge in [-0.1, -0.05) is 41.8 Å². The molecule has 1 aromatic carbocycles. The third-order valence-corrected chi connectivity index (χ3v) is 4.35. The van der Waals surface area contributed by atoms with E-state index in [1.165, 1.54) is 0 Å². The summed E-state index contributed by atoms with van der Waals surface area (Å²) in [4.78, 5) is 39.7. The van der Waals surface area contributed by atoms with Crippen LogP contribution >= 0.6 is 0 Å². The minimum atomic E-state index is -0.985. The number of hydroxylamine groups is 2. The molecular weight excluding hydrogens is 298 g/mol. The average molecular weight is 317 g/mol. The highest BCUT2D eigenvalue weighted by molar-refractivity contribution is 6.01. The van der Waals surface area contributed by atoms with Gasteiger partial charge in [-0.15, -0.1) is 0 Å². The Kier molecular flexibility index (Phi) is 4.60. The molecule has 0 bridgehead atoms. The van der Waals surface area contributed by atoms with Gasteiger partial charge in [0.15, 0.2) is 0 Å². The molecule has 122 valence electrons. The lowest BCUT2D eigenvalue weighted by Crippen LogP contribution is -2.35. The van der Waals surface area contributed by atoms with Gasteiger partial charge in [0.2, 0.25) is 0 Å². The molecule has 0 unspecified atom stereocenters. The number of benzene rings is 1. The first-order valence-electron chi connectivity index (χ1n) is 7.94. The molecule has 23 heavy (non-hydrogen) atoms. The Morgan fingerprint density at radius 2 is 1.65 bits per heavy atom. The van der Waals surface area contributed by atoms with E-state index in [0.717, 1.165) is 31.2 Å². The van der Waals surface area contributed by atoms with Gasteiger partial charge >= 0.3 is 6.16 Å². The van der Waals surface area contributed by atoms with Crippen molar-refractivity contribution in [3.8, 4) is 0 Å². The van der Waals surface area contributed by atoms with Gasteiger partial charge in [0.1, 0.15) is 6.10 Å². The van der Waals surface area contributed by atoms with Gasteiger partial charge in [-0.2, -0.15) is 0 Å². The minimum absolute atomic E-state index is 0.0716. The molecule has 0 radical (unpaired) electrons. The van der Waals surface area contributed by atoms with Crippen molar-refractivity contribution >= 4 is 18.0 Å². The Morgan fingerprint density at radius 3 is 2.35 bits per heavy atom. The summed E-state index contributed by atoms with van der Waals surface area (Å²) in [5, 5.41) is 0.517. The number of imide groups is 1. The van der Waals surface area contributed by atoms with Crippen molar-refractivity contribution in [3.05, 3.63) is 35.9 Å². The number of nitrogens with zero attached hydrogens (tertiary/aromatic N) is 1. The zero-order chi connectivity index (χ0) is 16.2. The first kappa shape index (κ1) is 15.5. The minimum Gasteiger partial charge on any atom is -0.429 e. The summed E-state index contributed by atoms with van der Waals surface area (Å²) in [5.41, 5.74) is 1.12. The lowest BCUT2D eigenvalue weighted by Gasteiger charge is -2.31. The lowest BCUT2D eigenvalue weighted by atomic mass is 9.81. The summed E-state index contributed by atoms with van der Waals surface area (Å²) in [6.07, 6.45) is 2.60. The summed E-state index contributed by atoms with van der Waals surface area (Å²) in [5.74, 6) is -0.895. The van der Waals surface area contributed by atoms with E-state index in [-0.39, 0.29) is 24.9 Å². The number of carbonyl (C=O) groups excluding carboxylic acids is 3. The summed E-state index contributed by atoms with van der Waals surface area (Å²) in [6, 6.07) is 9.90. The largest absolute Gasteiger partial charge is 0.534 e. The third kappa shape index (κ3) is 3.52. The smallest absolute Gasteiger partial charge is 0.429 e. The van der Waals surface area contributed by atoms with Crippen molar-refractivity contribution in [3.63, 3.8) is 0 Å². The summed E-state index contributed by atoms with van der Waals surface area (Å²) in [6.45, 7) is 0. The lowest BCUT2D eigenvalue weighted by molar-refractivity contribution is -0.179. The highest BCUT2D eigenvalue weighted by Gasteiger charge is 2.35. The Bertz CT molecular complexity index is 584. The number of hydrogen-bond donors (Lipinski definition) is 0. The molecule has 1 aromatic rings. The molecule has 3 rings (SSSR count). The highest BCUT2D eigenvalue weighted by Crippen LogP contribution is 2.35. The summed E-state index contributed by atoms with van der Waals surface area (Å²) < 4.78 is 5.41. The van der Waals surface area contributed by atoms with Crippen LogP contribution < -0.4 is 0 Å². The number of hydrogen-bond acceptors (Lipinski definition) is 5. The van der Waals surface area contributed by atoms with Gasteiger partial charge < -0.3 is 4.74 Å². The molecule has 6 nitrogen and oxygen atoms in total. The van der Waals surface area contributed by atoms with Crippen molar-refractivity contribution < 1.29 is 24.0 Å². The van der Waals surface area contributed by atoms with Crippen molar-refractivity contribution in [1.82, 2.24) is 5.06 Å². The second kappa shape index (κ2) is 6.81. The number of rotatable bonds is 3. The molecule has 2 atom stereocenters. The Labute approximate surface area is 134 Å². The summed E-state index contributed by atoms with van der Waals surface area (Å²) in [7, 11) is 0. The van der Waals surface area contributed by atoms with Crippen LogP contribution in [0.15, 0.2) is 30.3 Å². The second-order valence-corrected chi connectivity index (χ2v) is 5.88. The number of amides is 2. The van der Waals surface area contributed by atoms with E-state index in [1.54, 1.807) is 0 Å². The molecule has 0 N–H and O–H groups in total. The molecule has 0 spiro atoms. The fourth-order valence-electron chi connectivity index (χ4n) is 3.20. The van der Waals surface area contributed by atoms with Crippen molar-refractivity contribution in [1.29, 1.82) is 0 Å². The molecule has 2 amide bonds. The van der Waals surface area contributed by atoms with Crippen molar-refractivity contribution in [2.24, 2.45) is 0 Å². The molecule has 1 saturated heterocycles. The van der Waals surface area contributed by atoms with Gasteiger partial charge in [0.05, 0.1) is 0 Å². The van der Waals surface area contributed by atoms with Gasteiger partial charge in [-0.3, -0.25) is 14.4 Å². The first-order chi connectivity index (χ1) is 11.1. The van der Waals surface area contributed by atoms with E-state index in [1.807, 2.05) is 30.3 Å². The molecule has 2 fully saturated rings. The van der Waals surface area contributed by atoms with Crippen LogP contribution in [-0.2, 0) is 19.2 Å². The number of carbonyl (C=O) groups is 3. The van der Waals surface area contributed by atoms with Crippen molar-refractivity contribution in [2.75, 3.05) is 0 Å². The zero-order valence-corrected chi connectivity index (χ0v) is 12.8. The van der Waals surface area contributed by atoms with Crippen LogP contribution in [0, 0.1) is 0 Å². The van der Waals surface area contributed by atoms with Crippen LogP contribution in [0.3, 0.4) is 0 Å². The van der Waals surface area contributed by atoms with E-state index in [9.17, 15) is 14.4 Å². The molecule has 1 aliphatic carbocycles. The average Bonchev–Trinajstić information content (AvgIpc) is 2.88. The van der Waals surface area contributed by atoms with Crippen LogP contribution in [0.1, 0.15) is 50.0 Å². The topological polar surface area (TPSA) is 72.9 Å². The van der Waals surface area contributed by atoms with E-state index in [4.69, 9.17) is 9.57 Å². The van der Waals surface area contributed by atoms with E-state index in [0.29, 0.717) is 5.06 Å². The molecule has 1 aliphatic heterocycles. The molecular formula is C17H19NO5. The SMILES string of the molecule is O=C(O[C@H]1CCCC[C@@H]1c1ccccc1)ON1C(=O)CCC1=O. The summed E-state index contributed by atoms with van der Waals surface area (Å²) >= 11 is 0. The Balaban J connectivity index is 1.64. The van der Waals surface area contributed by atoms with E-state index >= 15 is 0 Å². The van der Waals surface area contributed by atoms with Crippen LogP contribution in [0.5, 0.6) is 0 Å². The maximum atomic E-state index is 11.9. The predicted molar refractivity (Wildman–Crippen MR) is 80.1 cm³/mol. The number of ether oxygens (including phenoxy) is 1. The molecule has 1 saturated carbocycles. The zero-order valence-electron chi connectivity index (χ0n) is 12.8. The fraction of sp³-hybridized carbons (Fsp3) is 0.471. The van der Waals surface area contributed by atoms with Gasteiger partial charge in [-0.25, -0.2) is 4.79 Å². The van der Waals surface area contributed by atoms with Gasteiger partial charge in [-0.05, 0) is 24.8 Å². The van der Waals surface area contributed by atoms with E-state index in [2.05, 4.69) is 0 Å². The third-order valence-electron chi connectivity index (χ3n) is 4.35. The molecule has 2 aliphatic rings. The predicted octanol–water partition coefficient (Wildman–Crippen LogP) is 2.93. The normalized spacial score (nSPS) is 24.6. The Morgan fingerprint density at radius 1 is 1.00 bits per heavy atom. The van der Waals surface area contributed by atoms with Crippen LogP contribution in [0.25, 0.3) is 0 Å².